The molecule has 14 heteroatoms. The number of rotatable bonds is 12. The number of carbonyl (C=O) groups excluding carboxylic acids is 5. The van der Waals surface area contributed by atoms with Crippen LogP contribution in [0.2, 0.25) is 0 Å². The number of hydrogen-bond donors (Lipinski definition) is 1. The van der Waals surface area contributed by atoms with Crippen molar-refractivity contribution in [2.45, 2.75) is 59.1 Å². The fourth-order valence-electron chi connectivity index (χ4n) is 4.36. The van der Waals surface area contributed by atoms with E-state index in [0.29, 0.717) is 5.69 Å². The van der Waals surface area contributed by atoms with Crippen molar-refractivity contribution < 1.29 is 42.9 Å². The van der Waals surface area contributed by atoms with E-state index in [1.165, 1.54) is 20.5 Å². The van der Waals surface area contributed by atoms with Gasteiger partial charge >= 0.3 is 18.0 Å². The Morgan fingerprint density at radius 1 is 0.909 bits per heavy atom. The molecule has 0 radical (unpaired) electrons. The van der Waals surface area contributed by atoms with Gasteiger partial charge in [-0.05, 0) is 53.2 Å². The van der Waals surface area contributed by atoms with E-state index in [-0.39, 0.29) is 63.8 Å². The Kier molecular flexibility index (Phi) is 12.1. The highest BCUT2D eigenvalue weighted by molar-refractivity contribution is 5.96. The number of nitrogens with zero attached hydrogens (tertiary/aromatic N) is 4. The molecule has 1 aromatic heterocycles. The first-order chi connectivity index (χ1) is 20.9. The van der Waals surface area contributed by atoms with Gasteiger partial charge in [-0.2, -0.15) is 5.10 Å². The minimum atomic E-state index is -1.09. The van der Waals surface area contributed by atoms with E-state index < -0.39 is 48.1 Å². The van der Waals surface area contributed by atoms with E-state index in [9.17, 15) is 24.0 Å². The molecule has 0 aliphatic carbocycles. The van der Waals surface area contributed by atoms with Gasteiger partial charge in [0.2, 0.25) is 11.8 Å². The van der Waals surface area contributed by atoms with Crippen LogP contribution in [0.3, 0.4) is 0 Å². The zero-order valence-corrected chi connectivity index (χ0v) is 25.9. The van der Waals surface area contributed by atoms with Crippen molar-refractivity contribution in [1.29, 1.82) is 0 Å². The van der Waals surface area contributed by atoms with Gasteiger partial charge in [0, 0.05) is 38.7 Å². The Bertz CT molecular complexity index is 1300. The summed E-state index contributed by atoms with van der Waals surface area (Å²) in [6, 6.07) is 9.12. The first-order valence-corrected chi connectivity index (χ1v) is 14.6. The van der Waals surface area contributed by atoms with Gasteiger partial charge in [0.05, 0.1) is 18.9 Å². The van der Waals surface area contributed by atoms with Gasteiger partial charge in [-0.3, -0.25) is 14.4 Å². The van der Waals surface area contributed by atoms with Gasteiger partial charge in [-0.25, -0.2) is 14.3 Å². The van der Waals surface area contributed by atoms with Crippen LogP contribution >= 0.6 is 0 Å². The highest BCUT2D eigenvalue weighted by Gasteiger charge is 2.32. The van der Waals surface area contributed by atoms with E-state index in [4.69, 9.17) is 18.9 Å². The van der Waals surface area contributed by atoms with Crippen LogP contribution in [0.25, 0.3) is 5.69 Å². The van der Waals surface area contributed by atoms with E-state index in [1.54, 1.807) is 58.9 Å². The van der Waals surface area contributed by atoms with Crippen molar-refractivity contribution in [1.82, 2.24) is 24.9 Å². The number of benzene rings is 1. The van der Waals surface area contributed by atoms with Crippen LogP contribution in [-0.2, 0) is 28.6 Å². The lowest BCUT2D eigenvalue weighted by atomic mass is 10.1. The predicted molar refractivity (Wildman–Crippen MR) is 157 cm³/mol. The standard InChI is InChI=1S/C30H41N5O9/c1-6-41-26(37)20-43-24-19-23(32-35(24)21-11-9-8-10-12-21)27(38)31-22(13-14-25(36)44-30(3,4)5)28(39)33-15-17-34(18-16-33)29(40)42-7-2/h8-12,19,22H,6-7,13-18,20H2,1-5H3,(H,31,38). The first-order valence-electron chi connectivity index (χ1n) is 14.6. The average molecular weight is 616 g/mol. The number of piperazine rings is 1. The number of esters is 2. The molecule has 2 heterocycles. The molecule has 0 bridgehead atoms. The number of para-hydroxylation sites is 1. The topological polar surface area (TPSA) is 159 Å². The molecule has 1 unspecified atom stereocenters. The number of ether oxygens (including phenoxy) is 4. The van der Waals surface area contributed by atoms with Gasteiger partial charge in [-0.15, -0.1) is 0 Å². The van der Waals surface area contributed by atoms with E-state index in [0.717, 1.165) is 0 Å². The Morgan fingerprint density at radius 3 is 2.16 bits per heavy atom. The second-order valence-corrected chi connectivity index (χ2v) is 10.9. The summed E-state index contributed by atoms with van der Waals surface area (Å²) in [5.74, 6) is -2.09. The lowest BCUT2D eigenvalue weighted by molar-refractivity contribution is -0.155. The summed E-state index contributed by atoms with van der Waals surface area (Å²) < 4.78 is 22.4. The van der Waals surface area contributed by atoms with Crippen LogP contribution < -0.4 is 10.1 Å². The molecule has 1 N–H and O–H groups in total. The Labute approximate surface area is 256 Å². The molecule has 240 valence electrons. The Morgan fingerprint density at radius 2 is 1.55 bits per heavy atom. The first kappa shape index (κ1) is 33.9. The maximum Gasteiger partial charge on any atom is 0.409 e. The van der Waals surface area contributed by atoms with Crippen LogP contribution in [0, 0.1) is 0 Å². The van der Waals surface area contributed by atoms with Gasteiger partial charge in [0.1, 0.15) is 11.6 Å². The van der Waals surface area contributed by atoms with Crippen molar-refractivity contribution in [3.05, 3.63) is 42.1 Å². The predicted octanol–water partition coefficient (Wildman–Crippen LogP) is 2.34. The van der Waals surface area contributed by atoms with Crippen LogP contribution in [0.1, 0.15) is 57.9 Å². The maximum atomic E-state index is 13.6. The molecular weight excluding hydrogens is 574 g/mol. The van der Waals surface area contributed by atoms with Gasteiger partial charge in [0.25, 0.3) is 5.91 Å². The molecule has 1 aliphatic heterocycles. The molecule has 1 saturated heterocycles. The summed E-state index contributed by atoms with van der Waals surface area (Å²) in [5.41, 5.74) is -0.217. The Balaban J connectivity index is 1.80. The van der Waals surface area contributed by atoms with Gasteiger partial charge in [0.15, 0.2) is 12.3 Å². The van der Waals surface area contributed by atoms with Gasteiger partial charge in [-0.1, -0.05) is 18.2 Å². The van der Waals surface area contributed by atoms with Crippen molar-refractivity contribution in [3.63, 3.8) is 0 Å². The maximum absolute atomic E-state index is 13.6. The molecule has 3 amide bonds. The molecule has 3 rings (SSSR count). The number of carbonyl (C=O) groups is 5. The van der Waals surface area contributed by atoms with Crippen LogP contribution in [0.5, 0.6) is 5.88 Å². The highest BCUT2D eigenvalue weighted by atomic mass is 16.6. The summed E-state index contributed by atoms with van der Waals surface area (Å²) in [5, 5.41) is 7.09. The molecule has 1 aliphatic rings. The van der Waals surface area contributed by atoms with Crippen molar-refractivity contribution >= 4 is 29.8 Å². The minimum Gasteiger partial charge on any atom is -0.466 e. The third-order valence-electron chi connectivity index (χ3n) is 6.33. The van der Waals surface area contributed by atoms with Crippen molar-refractivity contribution in [3.8, 4) is 11.6 Å². The Hall–Kier alpha value is -4.62. The van der Waals surface area contributed by atoms with E-state index in [1.807, 2.05) is 6.07 Å². The third kappa shape index (κ3) is 9.99. The number of aromatic nitrogens is 2. The fraction of sp³-hybridized carbons (Fsp3) is 0.533. The summed E-state index contributed by atoms with van der Waals surface area (Å²) in [7, 11) is 0. The molecule has 14 nitrogen and oxygen atoms in total. The van der Waals surface area contributed by atoms with Gasteiger partial charge < -0.3 is 34.1 Å². The SMILES string of the molecule is CCOC(=O)COc1cc(C(=O)NC(CCC(=O)OC(C)(C)C)C(=O)N2CCN(C(=O)OCC)CC2)nn1-c1ccccc1. The lowest BCUT2D eigenvalue weighted by Crippen LogP contribution is -2.56. The minimum absolute atomic E-state index is 0.0246. The van der Waals surface area contributed by atoms with Crippen LogP contribution in [0.15, 0.2) is 36.4 Å². The molecule has 1 fully saturated rings. The molecular formula is C30H41N5O9. The zero-order valence-electron chi connectivity index (χ0n) is 25.9. The van der Waals surface area contributed by atoms with E-state index in [2.05, 4.69) is 10.4 Å². The van der Waals surface area contributed by atoms with Crippen LogP contribution in [-0.4, -0.2) is 107 Å². The zero-order chi connectivity index (χ0) is 32.3. The average Bonchev–Trinajstić information content (AvgIpc) is 3.42. The summed E-state index contributed by atoms with van der Waals surface area (Å²) in [6.07, 6.45) is -0.601. The lowest BCUT2D eigenvalue weighted by Gasteiger charge is -2.36. The normalized spacial score (nSPS) is 13.9. The monoisotopic (exact) mass is 615 g/mol. The molecule has 1 atom stereocenters. The molecule has 0 spiro atoms. The summed E-state index contributed by atoms with van der Waals surface area (Å²) >= 11 is 0. The molecule has 0 saturated carbocycles. The van der Waals surface area contributed by atoms with Crippen molar-refractivity contribution in [2.75, 3.05) is 46.0 Å². The summed E-state index contributed by atoms with van der Waals surface area (Å²) in [4.78, 5) is 66.6. The van der Waals surface area contributed by atoms with E-state index >= 15 is 0 Å². The highest BCUT2D eigenvalue weighted by Crippen LogP contribution is 2.20. The molecule has 2 aromatic rings. The summed E-state index contributed by atoms with van der Waals surface area (Å²) in [6.45, 7) is 9.62. The largest absolute Gasteiger partial charge is 0.466 e. The second kappa shape index (κ2) is 15.7. The second-order valence-electron chi connectivity index (χ2n) is 10.9. The van der Waals surface area contributed by atoms with Crippen molar-refractivity contribution in [2.24, 2.45) is 0 Å². The fourth-order valence-corrected chi connectivity index (χ4v) is 4.36. The van der Waals surface area contributed by atoms with Crippen LogP contribution in [0.4, 0.5) is 4.79 Å². The smallest absolute Gasteiger partial charge is 0.409 e. The number of hydrogen-bond acceptors (Lipinski definition) is 10. The molecule has 44 heavy (non-hydrogen) atoms. The number of amides is 3. The third-order valence-corrected chi connectivity index (χ3v) is 6.33. The quantitative estimate of drug-likeness (QED) is 0.277. The number of nitrogens with one attached hydrogen (secondary N) is 1. The molecule has 1 aromatic carbocycles.